The summed E-state index contributed by atoms with van der Waals surface area (Å²) in [6.07, 6.45) is 2.16. The van der Waals surface area contributed by atoms with Gasteiger partial charge in [-0.25, -0.2) is 0 Å². The average Bonchev–Trinajstić information content (AvgIpc) is 3.08. The first-order valence-electron chi connectivity index (χ1n) is 7.55. The molecule has 1 unspecified atom stereocenters. The largest absolute Gasteiger partial charge is 0.461 e. The second-order valence-electron chi connectivity index (χ2n) is 6.33. The summed E-state index contributed by atoms with van der Waals surface area (Å²) in [5.74, 6) is 1.08. The first-order chi connectivity index (χ1) is 10.1. The number of carbonyl (C=O) groups is 1. The van der Waals surface area contributed by atoms with Crippen molar-refractivity contribution in [3.63, 3.8) is 0 Å². The van der Waals surface area contributed by atoms with Crippen molar-refractivity contribution in [3.8, 4) is 0 Å². The lowest BCUT2D eigenvalue weighted by Crippen LogP contribution is -2.34. The molecule has 0 bridgehead atoms. The van der Waals surface area contributed by atoms with Gasteiger partial charge in [-0.05, 0) is 30.5 Å². The van der Waals surface area contributed by atoms with Crippen molar-refractivity contribution < 1.29 is 9.21 Å². The maximum Gasteiger partial charge on any atom is 0.223 e. The molecule has 112 valence electrons. The fourth-order valence-electron chi connectivity index (χ4n) is 2.95. The van der Waals surface area contributed by atoms with E-state index in [1.165, 1.54) is 0 Å². The van der Waals surface area contributed by atoms with Crippen LogP contribution in [-0.4, -0.2) is 30.4 Å². The van der Waals surface area contributed by atoms with Crippen LogP contribution in [0.5, 0.6) is 0 Å². The second kappa shape index (κ2) is 5.53. The van der Waals surface area contributed by atoms with E-state index in [4.69, 9.17) is 10.2 Å². The van der Waals surface area contributed by atoms with Crippen molar-refractivity contribution in [2.75, 3.05) is 19.6 Å². The first-order valence-corrected chi connectivity index (χ1v) is 7.55. The van der Waals surface area contributed by atoms with Crippen LogP contribution < -0.4 is 5.73 Å². The minimum atomic E-state index is 0.0923. The van der Waals surface area contributed by atoms with Gasteiger partial charge in [-0.2, -0.15) is 0 Å². The molecule has 1 aromatic carbocycles. The molecule has 0 radical (unpaired) electrons. The zero-order chi connectivity index (χ0) is 14.9. The van der Waals surface area contributed by atoms with E-state index in [0.29, 0.717) is 19.4 Å². The lowest BCUT2D eigenvalue weighted by molar-refractivity contribution is -0.130. The molecule has 3 rings (SSSR count). The van der Waals surface area contributed by atoms with E-state index in [-0.39, 0.29) is 11.3 Å². The number of benzene rings is 1. The summed E-state index contributed by atoms with van der Waals surface area (Å²) in [7, 11) is 0. The third-order valence-electron chi connectivity index (χ3n) is 4.47. The van der Waals surface area contributed by atoms with Crippen molar-refractivity contribution in [1.82, 2.24) is 4.90 Å². The minimum absolute atomic E-state index is 0.0923. The SMILES string of the molecule is CC1(CN)CCN(C(=O)CCc2cc3ccccc3o2)C1. The number of nitrogens with two attached hydrogens (primary N) is 1. The Morgan fingerprint density at radius 1 is 1.43 bits per heavy atom. The zero-order valence-electron chi connectivity index (χ0n) is 12.5. The van der Waals surface area contributed by atoms with Gasteiger partial charge in [0, 0.05) is 31.3 Å². The normalized spacial score (nSPS) is 22.1. The Bertz CT molecular complexity index is 616. The van der Waals surface area contributed by atoms with Crippen LogP contribution in [0.25, 0.3) is 11.0 Å². The molecule has 1 fully saturated rings. The fraction of sp³-hybridized carbons (Fsp3) is 0.471. The van der Waals surface area contributed by atoms with E-state index < -0.39 is 0 Å². The molecule has 1 aromatic heterocycles. The number of rotatable bonds is 4. The van der Waals surface area contributed by atoms with Crippen molar-refractivity contribution in [3.05, 3.63) is 36.1 Å². The molecule has 1 amide bonds. The molecule has 0 aliphatic carbocycles. The fourth-order valence-corrected chi connectivity index (χ4v) is 2.95. The van der Waals surface area contributed by atoms with Crippen LogP contribution in [0.4, 0.5) is 0 Å². The van der Waals surface area contributed by atoms with Crippen LogP contribution in [0, 0.1) is 5.41 Å². The minimum Gasteiger partial charge on any atom is -0.461 e. The Morgan fingerprint density at radius 3 is 2.95 bits per heavy atom. The van der Waals surface area contributed by atoms with Gasteiger partial charge >= 0.3 is 0 Å². The highest BCUT2D eigenvalue weighted by Gasteiger charge is 2.34. The van der Waals surface area contributed by atoms with Crippen LogP contribution in [0.3, 0.4) is 0 Å². The van der Waals surface area contributed by atoms with Crippen molar-refractivity contribution in [1.29, 1.82) is 0 Å². The predicted octanol–water partition coefficient (Wildman–Crippen LogP) is 2.56. The number of hydrogen-bond donors (Lipinski definition) is 1. The molecule has 1 atom stereocenters. The molecule has 4 nitrogen and oxygen atoms in total. The summed E-state index contributed by atoms with van der Waals surface area (Å²) >= 11 is 0. The lowest BCUT2D eigenvalue weighted by atomic mass is 9.90. The van der Waals surface area contributed by atoms with Crippen LogP contribution in [-0.2, 0) is 11.2 Å². The van der Waals surface area contributed by atoms with E-state index in [2.05, 4.69) is 6.92 Å². The van der Waals surface area contributed by atoms with Crippen LogP contribution in [0.15, 0.2) is 34.7 Å². The monoisotopic (exact) mass is 286 g/mol. The smallest absolute Gasteiger partial charge is 0.223 e. The third kappa shape index (κ3) is 2.95. The molecule has 2 heterocycles. The number of fused-ring (bicyclic) bond motifs is 1. The van der Waals surface area contributed by atoms with Gasteiger partial charge in [-0.1, -0.05) is 25.1 Å². The highest BCUT2D eigenvalue weighted by atomic mass is 16.3. The molecule has 4 heteroatoms. The second-order valence-corrected chi connectivity index (χ2v) is 6.33. The van der Waals surface area contributed by atoms with Gasteiger partial charge in [0.05, 0.1) is 0 Å². The Balaban J connectivity index is 1.59. The summed E-state index contributed by atoms with van der Waals surface area (Å²) in [6.45, 7) is 4.40. The number of para-hydroxylation sites is 1. The highest BCUT2D eigenvalue weighted by molar-refractivity contribution is 5.79. The van der Waals surface area contributed by atoms with Crippen molar-refractivity contribution in [2.24, 2.45) is 11.1 Å². The maximum absolute atomic E-state index is 12.3. The molecular formula is C17H22N2O2. The molecular weight excluding hydrogens is 264 g/mol. The number of furan rings is 1. The Hall–Kier alpha value is -1.81. The number of carbonyl (C=O) groups excluding carboxylic acids is 1. The van der Waals surface area contributed by atoms with Crippen LogP contribution >= 0.6 is 0 Å². The van der Waals surface area contributed by atoms with E-state index in [9.17, 15) is 4.79 Å². The van der Waals surface area contributed by atoms with Gasteiger partial charge in [0.25, 0.3) is 0 Å². The molecule has 0 saturated carbocycles. The summed E-state index contributed by atoms with van der Waals surface area (Å²) in [6, 6.07) is 9.95. The quantitative estimate of drug-likeness (QED) is 0.939. The first kappa shape index (κ1) is 14.1. The molecule has 2 N–H and O–H groups in total. The summed E-state index contributed by atoms with van der Waals surface area (Å²) in [4.78, 5) is 14.2. The lowest BCUT2D eigenvalue weighted by Gasteiger charge is -2.22. The Kier molecular flexibility index (Phi) is 3.72. The van der Waals surface area contributed by atoms with E-state index in [1.807, 2.05) is 35.2 Å². The summed E-state index contributed by atoms with van der Waals surface area (Å²) in [5.41, 5.74) is 6.76. The van der Waals surface area contributed by atoms with Gasteiger partial charge in [0.1, 0.15) is 11.3 Å². The van der Waals surface area contributed by atoms with Crippen LogP contribution in [0.2, 0.25) is 0 Å². The van der Waals surface area contributed by atoms with Crippen molar-refractivity contribution in [2.45, 2.75) is 26.2 Å². The summed E-state index contributed by atoms with van der Waals surface area (Å²) < 4.78 is 5.75. The van der Waals surface area contributed by atoms with Gasteiger partial charge in [-0.15, -0.1) is 0 Å². The third-order valence-corrected chi connectivity index (χ3v) is 4.47. The van der Waals surface area contributed by atoms with E-state index in [0.717, 1.165) is 36.2 Å². The molecule has 1 saturated heterocycles. The number of aryl methyl sites for hydroxylation is 1. The zero-order valence-corrected chi connectivity index (χ0v) is 12.5. The van der Waals surface area contributed by atoms with Gasteiger partial charge < -0.3 is 15.1 Å². The molecule has 1 aliphatic rings. The predicted molar refractivity (Wildman–Crippen MR) is 82.9 cm³/mol. The standard InChI is InChI=1S/C17H22N2O2/c1-17(11-18)8-9-19(12-17)16(20)7-6-14-10-13-4-2-3-5-15(13)21-14/h2-5,10H,6-9,11-12,18H2,1H3. The molecule has 0 spiro atoms. The van der Waals surface area contributed by atoms with Crippen molar-refractivity contribution >= 4 is 16.9 Å². The number of hydrogen-bond acceptors (Lipinski definition) is 3. The van der Waals surface area contributed by atoms with Gasteiger partial charge in [-0.3, -0.25) is 4.79 Å². The topological polar surface area (TPSA) is 59.5 Å². The van der Waals surface area contributed by atoms with Crippen LogP contribution in [0.1, 0.15) is 25.5 Å². The Labute approximate surface area is 124 Å². The maximum atomic E-state index is 12.3. The molecule has 2 aromatic rings. The number of likely N-dealkylation sites (tertiary alicyclic amines) is 1. The number of nitrogens with zero attached hydrogens (tertiary/aromatic N) is 1. The van der Waals surface area contributed by atoms with Gasteiger partial charge in [0.2, 0.25) is 5.91 Å². The Morgan fingerprint density at radius 2 is 2.24 bits per heavy atom. The average molecular weight is 286 g/mol. The number of amides is 1. The summed E-state index contributed by atoms with van der Waals surface area (Å²) in [5, 5.41) is 1.09. The van der Waals surface area contributed by atoms with Gasteiger partial charge in [0.15, 0.2) is 0 Å². The van der Waals surface area contributed by atoms with E-state index in [1.54, 1.807) is 0 Å². The molecule has 1 aliphatic heterocycles. The highest BCUT2D eigenvalue weighted by Crippen LogP contribution is 2.29. The molecule has 21 heavy (non-hydrogen) atoms. The van der Waals surface area contributed by atoms with E-state index >= 15 is 0 Å².